The van der Waals surface area contributed by atoms with Crippen molar-refractivity contribution < 1.29 is 18.8 Å². The van der Waals surface area contributed by atoms with E-state index in [0.29, 0.717) is 24.7 Å². The molecule has 1 amide bonds. The smallest absolute Gasteiger partial charge is 0.229 e. The molecule has 0 bridgehead atoms. The predicted octanol–water partition coefficient (Wildman–Crippen LogP) is 3.38. The molecule has 0 aliphatic carbocycles. The number of hydrogen-bond acceptors (Lipinski definition) is 7. The van der Waals surface area contributed by atoms with Crippen molar-refractivity contribution in [3.05, 3.63) is 59.5 Å². The van der Waals surface area contributed by atoms with Crippen LogP contribution in [0.4, 0.5) is 0 Å². The Bertz CT molecular complexity index is 1150. The van der Waals surface area contributed by atoms with Gasteiger partial charge in [-0.3, -0.25) is 9.69 Å². The Balaban J connectivity index is 1.06. The average Bonchev–Trinajstić information content (AvgIpc) is 3.37. The zero-order chi connectivity index (χ0) is 24.2. The highest BCUT2D eigenvalue weighted by Gasteiger charge is 2.31. The highest BCUT2D eigenvalue weighted by molar-refractivity contribution is 5.80. The molecule has 2 aromatic carbocycles. The first kappa shape index (κ1) is 23.4. The normalized spacial score (nSPS) is 18.1. The minimum absolute atomic E-state index is 0.138. The molecule has 2 aliphatic rings. The lowest BCUT2D eigenvalue weighted by atomic mass is 9.95. The molecule has 5 rings (SSSR count). The molecule has 0 N–H and O–H groups in total. The Hall–Kier alpha value is -3.39. The molecule has 184 valence electrons. The van der Waals surface area contributed by atoms with Crippen molar-refractivity contribution in [2.45, 2.75) is 26.2 Å². The molecule has 3 heterocycles. The monoisotopic (exact) mass is 476 g/mol. The van der Waals surface area contributed by atoms with E-state index in [4.69, 9.17) is 14.0 Å². The van der Waals surface area contributed by atoms with Crippen molar-refractivity contribution in [2.75, 3.05) is 46.4 Å². The number of hydrogen-bond donors (Lipinski definition) is 0. The maximum atomic E-state index is 13.1. The lowest BCUT2D eigenvalue weighted by Crippen LogP contribution is -2.51. The third-order valence-electron chi connectivity index (χ3n) is 6.85. The van der Waals surface area contributed by atoms with Crippen LogP contribution in [0.2, 0.25) is 0 Å². The number of ether oxygens (including phenoxy) is 2. The van der Waals surface area contributed by atoms with Crippen LogP contribution in [0.15, 0.2) is 47.0 Å². The van der Waals surface area contributed by atoms with Crippen LogP contribution in [0.5, 0.6) is 11.5 Å². The number of amides is 1. The largest absolute Gasteiger partial charge is 0.497 e. The molecule has 2 aliphatic heterocycles. The Morgan fingerprint density at radius 3 is 2.69 bits per heavy atom. The van der Waals surface area contributed by atoms with Gasteiger partial charge in [-0.2, -0.15) is 4.98 Å². The van der Waals surface area contributed by atoms with E-state index in [1.165, 1.54) is 5.56 Å². The predicted molar refractivity (Wildman–Crippen MR) is 131 cm³/mol. The van der Waals surface area contributed by atoms with Crippen molar-refractivity contribution in [2.24, 2.45) is 5.92 Å². The first-order valence-electron chi connectivity index (χ1n) is 12.3. The van der Waals surface area contributed by atoms with Gasteiger partial charge in [0, 0.05) is 38.2 Å². The van der Waals surface area contributed by atoms with Crippen LogP contribution < -0.4 is 9.47 Å². The highest BCUT2D eigenvalue weighted by atomic mass is 16.5. The molecular formula is C27H32N4O4. The molecular weight excluding hydrogens is 444 g/mol. The molecule has 35 heavy (non-hydrogen) atoms. The number of piperazine rings is 1. The molecule has 8 nitrogen and oxygen atoms in total. The van der Waals surface area contributed by atoms with Gasteiger partial charge < -0.3 is 18.9 Å². The number of aryl methyl sites for hydroxylation is 2. The fraction of sp³-hybridized carbons (Fsp3) is 0.444. The maximum Gasteiger partial charge on any atom is 0.229 e. The van der Waals surface area contributed by atoms with Crippen molar-refractivity contribution in [1.82, 2.24) is 19.9 Å². The number of methoxy groups -OCH3 is 1. The van der Waals surface area contributed by atoms with Crippen molar-refractivity contribution in [3.8, 4) is 22.9 Å². The summed E-state index contributed by atoms with van der Waals surface area (Å²) in [7, 11) is 1.65. The zero-order valence-corrected chi connectivity index (χ0v) is 20.4. The Morgan fingerprint density at radius 1 is 1.11 bits per heavy atom. The summed E-state index contributed by atoms with van der Waals surface area (Å²) in [6, 6.07) is 13.9. The van der Waals surface area contributed by atoms with Crippen molar-refractivity contribution in [1.29, 1.82) is 0 Å². The molecule has 8 heteroatoms. The zero-order valence-electron chi connectivity index (χ0n) is 20.4. The van der Waals surface area contributed by atoms with Crippen molar-refractivity contribution >= 4 is 5.91 Å². The summed E-state index contributed by atoms with van der Waals surface area (Å²) in [5.74, 6) is 3.00. The van der Waals surface area contributed by atoms with E-state index in [0.717, 1.165) is 68.2 Å². The van der Waals surface area contributed by atoms with Crippen LogP contribution in [-0.2, 0) is 17.6 Å². The van der Waals surface area contributed by atoms with E-state index in [-0.39, 0.29) is 11.8 Å². The maximum absolute atomic E-state index is 13.1. The minimum atomic E-state index is -0.138. The van der Waals surface area contributed by atoms with E-state index in [2.05, 4.69) is 22.0 Å². The van der Waals surface area contributed by atoms with Gasteiger partial charge in [0.25, 0.3) is 0 Å². The van der Waals surface area contributed by atoms with Gasteiger partial charge in [-0.15, -0.1) is 0 Å². The van der Waals surface area contributed by atoms with E-state index in [1.807, 2.05) is 47.4 Å². The fourth-order valence-electron chi connectivity index (χ4n) is 4.74. The van der Waals surface area contributed by atoms with Crippen LogP contribution in [0.1, 0.15) is 23.4 Å². The van der Waals surface area contributed by atoms with Gasteiger partial charge >= 0.3 is 0 Å². The summed E-state index contributed by atoms with van der Waals surface area (Å²) in [4.78, 5) is 22.1. The van der Waals surface area contributed by atoms with Gasteiger partial charge in [0.05, 0.1) is 13.0 Å². The molecule has 0 saturated carbocycles. The van der Waals surface area contributed by atoms with Crippen molar-refractivity contribution in [3.63, 3.8) is 0 Å². The SMILES string of the molecule is COc1ccc2c(c1)CC(C(=O)N1CCN(CCCc3nc(-c4ccc(C)cc4)no3)CC1)CO2. The number of fused-ring (bicyclic) bond motifs is 1. The molecule has 0 spiro atoms. The number of rotatable bonds is 7. The van der Waals surface area contributed by atoms with Gasteiger partial charge in [-0.05, 0) is 50.1 Å². The second-order valence-corrected chi connectivity index (χ2v) is 9.33. The third kappa shape index (κ3) is 5.48. The Kier molecular flexibility index (Phi) is 6.99. The summed E-state index contributed by atoms with van der Waals surface area (Å²) < 4.78 is 16.6. The van der Waals surface area contributed by atoms with Gasteiger partial charge in [-0.1, -0.05) is 35.0 Å². The number of nitrogens with zero attached hydrogens (tertiary/aromatic N) is 4. The van der Waals surface area contributed by atoms with E-state index in [1.54, 1.807) is 7.11 Å². The standard InChI is InChI=1S/C27H32N4O4/c1-19-5-7-20(8-6-19)26-28-25(35-29-26)4-3-11-30-12-14-31(15-13-30)27(32)22-16-21-17-23(33-2)9-10-24(21)34-18-22/h5-10,17,22H,3-4,11-16,18H2,1-2H3. The molecule has 1 unspecified atom stereocenters. The molecule has 1 atom stereocenters. The van der Waals surface area contributed by atoms with E-state index < -0.39 is 0 Å². The molecule has 1 fully saturated rings. The number of carbonyl (C=O) groups is 1. The first-order valence-corrected chi connectivity index (χ1v) is 12.3. The highest BCUT2D eigenvalue weighted by Crippen LogP contribution is 2.31. The van der Waals surface area contributed by atoms with Crippen LogP contribution in [0.3, 0.4) is 0 Å². The molecule has 0 radical (unpaired) electrons. The van der Waals surface area contributed by atoms with Gasteiger partial charge in [-0.25, -0.2) is 0 Å². The summed E-state index contributed by atoms with van der Waals surface area (Å²) in [6.07, 6.45) is 2.39. The van der Waals surface area contributed by atoms with Crippen LogP contribution in [0.25, 0.3) is 11.4 Å². The number of benzene rings is 2. The van der Waals surface area contributed by atoms with Gasteiger partial charge in [0.1, 0.15) is 18.1 Å². The summed E-state index contributed by atoms with van der Waals surface area (Å²) >= 11 is 0. The fourth-order valence-corrected chi connectivity index (χ4v) is 4.74. The van der Waals surface area contributed by atoms with Gasteiger partial charge in [0.15, 0.2) is 0 Å². The second kappa shape index (κ2) is 10.5. The average molecular weight is 477 g/mol. The molecule has 3 aromatic rings. The lowest BCUT2D eigenvalue weighted by molar-refractivity contribution is -0.138. The van der Waals surface area contributed by atoms with Crippen LogP contribution in [-0.4, -0.2) is 72.3 Å². The summed E-state index contributed by atoms with van der Waals surface area (Å²) in [5, 5.41) is 4.12. The Morgan fingerprint density at radius 2 is 1.91 bits per heavy atom. The lowest BCUT2D eigenvalue weighted by Gasteiger charge is -2.37. The van der Waals surface area contributed by atoms with E-state index in [9.17, 15) is 4.79 Å². The van der Waals surface area contributed by atoms with Gasteiger partial charge in [0.2, 0.25) is 17.6 Å². The van der Waals surface area contributed by atoms with E-state index >= 15 is 0 Å². The van der Waals surface area contributed by atoms with Crippen LogP contribution >= 0.6 is 0 Å². The molecule has 1 saturated heterocycles. The number of carbonyl (C=O) groups excluding carboxylic acids is 1. The topological polar surface area (TPSA) is 80.9 Å². The molecule has 1 aromatic heterocycles. The summed E-state index contributed by atoms with van der Waals surface area (Å²) in [6.45, 7) is 6.70. The number of aromatic nitrogens is 2. The second-order valence-electron chi connectivity index (χ2n) is 9.33. The quantitative estimate of drug-likeness (QED) is 0.517. The first-order chi connectivity index (χ1) is 17.1. The third-order valence-corrected chi connectivity index (χ3v) is 6.85. The summed E-state index contributed by atoms with van der Waals surface area (Å²) in [5.41, 5.74) is 3.22. The Labute approximate surface area is 205 Å². The minimum Gasteiger partial charge on any atom is -0.497 e. The van der Waals surface area contributed by atoms with Crippen LogP contribution in [0, 0.1) is 12.8 Å².